The molecule has 1 aromatic heterocycles. The molecule has 0 saturated carbocycles. The number of rotatable bonds is 6. The highest BCUT2D eigenvalue weighted by molar-refractivity contribution is 5.89. The first-order valence-corrected chi connectivity index (χ1v) is 7.24. The van der Waals surface area contributed by atoms with Crippen molar-refractivity contribution < 1.29 is 14.3 Å². The van der Waals surface area contributed by atoms with Gasteiger partial charge in [-0.2, -0.15) is 0 Å². The fourth-order valence-electron chi connectivity index (χ4n) is 2.74. The first-order valence-electron chi connectivity index (χ1n) is 7.24. The summed E-state index contributed by atoms with van der Waals surface area (Å²) < 4.78 is 15.7. The number of aromatic carboxylic acids is 1. The van der Waals surface area contributed by atoms with E-state index < -0.39 is 5.97 Å². The average Bonchev–Trinajstić information content (AvgIpc) is 2.87. The van der Waals surface area contributed by atoms with Gasteiger partial charge in [0, 0.05) is 17.5 Å². The summed E-state index contributed by atoms with van der Waals surface area (Å²) >= 11 is 0. The number of carboxylic acid groups (broad SMARTS) is 1. The number of nitrogens with zero attached hydrogens (tertiary/aromatic N) is 1. The molecule has 0 unspecified atom stereocenters. The Labute approximate surface area is 124 Å². The minimum Gasteiger partial charge on any atom is -0.478 e. The van der Waals surface area contributed by atoms with Crippen LogP contribution in [0.15, 0.2) is 36.5 Å². The quantitative estimate of drug-likeness (QED) is 0.862. The molecule has 0 aliphatic rings. The van der Waals surface area contributed by atoms with Crippen LogP contribution in [0.3, 0.4) is 0 Å². The normalized spacial score (nSPS) is 11.0. The van der Waals surface area contributed by atoms with Crippen LogP contribution < -0.4 is 0 Å². The molecule has 0 amide bonds. The number of carbonyl (C=O) groups is 1. The molecule has 0 radical (unpaired) electrons. The van der Waals surface area contributed by atoms with Gasteiger partial charge < -0.3 is 9.67 Å². The Kier molecular flexibility index (Phi) is 4.78. The van der Waals surface area contributed by atoms with Crippen LogP contribution in [0, 0.1) is 5.82 Å². The second-order valence-electron chi connectivity index (χ2n) is 5.15. The lowest BCUT2D eigenvalue weighted by atomic mass is 9.96. The molecule has 0 spiro atoms. The molecule has 4 heteroatoms. The monoisotopic (exact) mass is 289 g/mol. The zero-order valence-electron chi connectivity index (χ0n) is 12.3. The van der Waals surface area contributed by atoms with Crippen molar-refractivity contribution in [3.63, 3.8) is 0 Å². The van der Waals surface area contributed by atoms with Crippen LogP contribution in [0.4, 0.5) is 4.39 Å². The molecule has 1 aromatic carbocycles. The maximum atomic E-state index is 13.8. The van der Waals surface area contributed by atoms with E-state index in [4.69, 9.17) is 0 Å². The fraction of sp³-hybridized carbons (Fsp3) is 0.353. The standard InChI is InChI=1S/C17H20FNO2/c1-3-12(4-2)16-14(17(20)21)9-10-19(16)11-13-7-5-6-8-15(13)18/h5-10,12H,3-4,11H2,1-2H3,(H,20,21). The number of hydrogen-bond acceptors (Lipinski definition) is 1. The number of hydrogen-bond donors (Lipinski definition) is 1. The average molecular weight is 289 g/mol. The van der Waals surface area contributed by atoms with E-state index in [0.29, 0.717) is 17.7 Å². The van der Waals surface area contributed by atoms with Gasteiger partial charge in [0.25, 0.3) is 0 Å². The number of benzene rings is 1. The zero-order valence-corrected chi connectivity index (χ0v) is 12.3. The van der Waals surface area contributed by atoms with E-state index in [1.807, 2.05) is 18.4 Å². The summed E-state index contributed by atoms with van der Waals surface area (Å²) in [5, 5.41) is 9.35. The van der Waals surface area contributed by atoms with Crippen molar-refractivity contribution in [3.05, 3.63) is 59.2 Å². The van der Waals surface area contributed by atoms with E-state index >= 15 is 0 Å². The second-order valence-corrected chi connectivity index (χ2v) is 5.15. The third-order valence-electron chi connectivity index (χ3n) is 3.91. The van der Waals surface area contributed by atoms with Crippen LogP contribution in [0.25, 0.3) is 0 Å². The molecule has 0 aliphatic carbocycles. The Bertz CT molecular complexity index is 629. The molecule has 0 atom stereocenters. The van der Waals surface area contributed by atoms with Crippen molar-refractivity contribution in [1.82, 2.24) is 4.57 Å². The first kappa shape index (κ1) is 15.3. The molecule has 0 aliphatic heterocycles. The molecule has 112 valence electrons. The van der Waals surface area contributed by atoms with Gasteiger partial charge in [0.05, 0.1) is 12.1 Å². The lowest BCUT2D eigenvalue weighted by Crippen LogP contribution is -2.12. The Hall–Kier alpha value is -2.10. The van der Waals surface area contributed by atoms with Crippen LogP contribution >= 0.6 is 0 Å². The summed E-state index contributed by atoms with van der Waals surface area (Å²) in [7, 11) is 0. The van der Waals surface area contributed by atoms with Crippen molar-refractivity contribution in [3.8, 4) is 0 Å². The van der Waals surface area contributed by atoms with Gasteiger partial charge in [0.2, 0.25) is 0 Å². The van der Waals surface area contributed by atoms with Gasteiger partial charge in [-0.25, -0.2) is 9.18 Å². The van der Waals surface area contributed by atoms with E-state index in [-0.39, 0.29) is 11.7 Å². The second kappa shape index (κ2) is 6.57. The Balaban J connectivity index is 2.44. The first-order chi connectivity index (χ1) is 10.1. The highest BCUT2D eigenvalue weighted by atomic mass is 19.1. The highest BCUT2D eigenvalue weighted by Gasteiger charge is 2.21. The van der Waals surface area contributed by atoms with Crippen LogP contribution in [0.1, 0.15) is 54.2 Å². The van der Waals surface area contributed by atoms with E-state index in [1.54, 1.807) is 30.5 Å². The third kappa shape index (κ3) is 3.15. The summed E-state index contributed by atoms with van der Waals surface area (Å²) in [5.74, 6) is -1.03. The molecule has 0 bridgehead atoms. The number of aromatic nitrogens is 1. The summed E-state index contributed by atoms with van der Waals surface area (Å²) in [5.41, 5.74) is 1.67. The maximum Gasteiger partial charge on any atom is 0.337 e. The third-order valence-corrected chi connectivity index (χ3v) is 3.91. The Morgan fingerprint density at radius 1 is 1.24 bits per heavy atom. The van der Waals surface area contributed by atoms with E-state index in [1.165, 1.54) is 6.07 Å². The SMILES string of the molecule is CCC(CC)c1c(C(=O)O)ccn1Cc1ccccc1F. The molecule has 0 saturated heterocycles. The van der Waals surface area contributed by atoms with Crippen LogP contribution in [0.5, 0.6) is 0 Å². The molecule has 3 nitrogen and oxygen atoms in total. The molecule has 0 fully saturated rings. The zero-order chi connectivity index (χ0) is 15.4. The minimum atomic E-state index is -0.927. The largest absolute Gasteiger partial charge is 0.478 e. The summed E-state index contributed by atoms with van der Waals surface area (Å²) in [6.07, 6.45) is 3.46. The topological polar surface area (TPSA) is 42.2 Å². The predicted molar refractivity (Wildman–Crippen MR) is 80.2 cm³/mol. The van der Waals surface area contributed by atoms with E-state index in [9.17, 15) is 14.3 Å². The van der Waals surface area contributed by atoms with Crippen LogP contribution in [-0.2, 0) is 6.54 Å². The smallest absolute Gasteiger partial charge is 0.337 e. The van der Waals surface area contributed by atoms with Gasteiger partial charge in [-0.05, 0) is 30.9 Å². The van der Waals surface area contributed by atoms with Gasteiger partial charge in [-0.1, -0.05) is 32.0 Å². The van der Waals surface area contributed by atoms with Gasteiger partial charge in [0.1, 0.15) is 5.82 Å². The van der Waals surface area contributed by atoms with Gasteiger partial charge >= 0.3 is 5.97 Å². The minimum absolute atomic E-state index is 0.165. The van der Waals surface area contributed by atoms with Crippen molar-refractivity contribution in [2.75, 3.05) is 0 Å². The summed E-state index contributed by atoms with van der Waals surface area (Å²) in [6.45, 7) is 4.44. The Morgan fingerprint density at radius 2 is 1.90 bits per heavy atom. The van der Waals surface area contributed by atoms with Crippen molar-refractivity contribution >= 4 is 5.97 Å². The fourth-order valence-corrected chi connectivity index (χ4v) is 2.74. The van der Waals surface area contributed by atoms with E-state index in [0.717, 1.165) is 18.5 Å². The maximum absolute atomic E-state index is 13.8. The van der Waals surface area contributed by atoms with Gasteiger partial charge in [-0.15, -0.1) is 0 Å². The molecule has 2 rings (SSSR count). The molecule has 1 N–H and O–H groups in total. The lowest BCUT2D eigenvalue weighted by molar-refractivity contribution is 0.0695. The molecule has 21 heavy (non-hydrogen) atoms. The van der Waals surface area contributed by atoms with Crippen molar-refractivity contribution in [2.45, 2.75) is 39.2 Å². The lowest BCUT2D eigenvalue weighted by Gasteiger charge is -2.18. The molecule has 2 aromatic rings. The van der Waals surface area contributed by atoms with E-state index in [2.05, 4.69) is 0 Å². The summed E-state index contributed by atoms with van der Waals surface area (Å²) in [6, 6.07) is 8.20. The number of halogens is 1. The summed E-state index contributed by atoms with van der Waals surface area (Å²) in [4.78, 5) is 11.4. The van der Waals surface area contributed by atoms with Gasteiger partial charge in [-0.3, -0.25) is 0 Å². The van der Waals surface area contributed by atoms with Crippen molar-refractivity contribution in [1.29, 1.82) is 0 Å². The highest BCUT2D eigenvalue weighted by Crippen LogP contribution is 2.28. The molecular formula is C17H20FNO2. The molecule has 1 heterocycles. The molecular weight excluding hydrogens is 269 g/mol. The predicted octanol–water partition coefficient (Wildman–Crippen LogP) is 4.28. The van der Waals surface area contributed by atoms with Crippen molar-refractivity contribution in [2.24, 2.45) is 0 Å². The Morgan fingerprint density at radius 3 is 2.48 bits per heavy atom. The van der Waals surface area contributed by atoms with Crippen LogP contribution in [-0.4, -0.2) is 15.6 Å². The number of carboxylic acids is 1. The van der Waals surface area contributed by atoms with Crippen LogP contribution in [0.2, 0.25) is 0 Å². The van der Waals surface area contributed by atoms with Gasteiger partial charge in [0.15, 0.2) is 0 Å².